The van der Waals surface area contributed by atoms with Crippen LogP contribution in [0.1, 0.15) is 16.7 Å². The fourth-order valence-electron chi connectivity index (χ4n) is 4.32. The summed E-state index contributed by atoms with van der Waals surface area (Å²) in [5.41, 5.74) is 3.53. The maximum atomic E-state index is 13.1. The quantitative estimate of drug-likeness (QED) is 0.283. The van der Waals surface area contributed by atoms with Crippen LogP contribution in [0.2, 0.25) is 0 Å². The summed E-state index contributed by atoms with van der Waals surface area (Å²) < 4.78 is 13.0. The van der Waals surface area contributed by atoms with Gasteiger partial charge in [0.1, 0.15) is 10.4 Å². The molecule has 0 aliphatic heterocycles. The van der Waals surface area contributed by atoms with Crippen LogP contribution >= 0.6 is 11.8 Å². The number of carbonyl (C=O) groups is 1. The number of aromatic nitrogens is 4. The number of ether oxygens (including phenoxy) is 2. The standard InChI is InChI=1S/C27H29N5O5S/c1-14-10-15(2)22(16(3)11-14)28-20(33)13-38-25-21-24(31(4)27(35)32(5)26(21)34)29-23(30-25)17-8-9-18(36-6)19(12-17)37-7/h8-12H,13H2,1-7H3,(H,28,33). The van der Waals surface area contributed by atoms with E-state index >= 15 is 0 Å². The van der Waals surface area contributed by atoms with Crippen LogP contribution in [0.25, 0.3) is 22.4 Å². The fraction of sp³-hybridized carbons (Fsp3) is 0.296. The number of amides is 1. The molecule has 38 heavy (non-hydrogen) atoms. The van der Waals surface area contributed by atoms with E-state index in [4.69, 9.17) is 9.47 Å². The second-order valence-electron chi connectivity index (χ2n) is 8.94. The predicted octanol–water partition coefficient (Wildman–Crippen LogP) is 3.37. The molecule has 2 aromatic carbocycles. The molecule has 0 atom stereocenters. The van der Waals surface area contributed by atoms with Gasteiger partial charge in [0.15, 0.2) is 23.0 Å². The molecule has 0 radical (unpaired) electrons. The molecule has 0 spiro atoms. The molecule has 11 heteroatoms. The minimum Gasteiger partial charge on any atom is -0.493 e. The molecule has 10 nitrogen and oxygen atoms in total. The van der Waals surface area contributed by atoms with E-state index in [9.17, 15) is 14.4 Å². The van der Waals surface area contributed by atoms with E-state index in [1.165, 1.54) is 25.8 Å². The Kier molecular flexibility index (Phi) is 7.58. The van der Waals surface area contributed by atoms with E-state index in [1.54, 1.807) is 25.2 Å². The zero-order valence-electron chi connectivity index (χ0n) is 22.3. The summed E-state index contributed by atoms with van der Waals surface area (Å²) in [5, 5.41) is 3.43. The summed E-state index contributed by atoms with van der Waals surface area (Å²) in [5.74, 6) is 1.03. The number of carbonyl (C=O) groups excluding carboxylic acids is 1. The van der Waals surface area contributed by atoms with Crippen molar-refractivity contribution < 1.29 is 14.3 Å². The molecule has 0 bridgehead atoms. The van der Waals surface area contributed by atoms with E-state index in [-0.39, 0.29) is 28.5 Å². The van der Waals surface area contributed by atoms with Gasteiger partial charge in [-0.1, -0.05) is 29.5 Å². The molecule has 0 fully saturated rings. The lowest BCUT2D eigenvalue weighted by atomic mass is 10.1. The lowest BCUT2D eigenvalue weighted by Gasteiger charge is -2.14. The summed E-state index contributed by atoms with van der Waals surface area (Å²) >= 11 is 1.11. The van der Waals surface area contributed by atoms with Gasteiger partial charge >= 0.3 is 5.69 Å². The minimum atomic E-state index is -0.532. The molecule has 2 heterocycles. The molecular weight excluding hydrogens is 506 g/mol. The number of hydrogen-bond donors (Lipinski definition) is 1. The van der Waals surface area contributed by atoms with Crippen LogP contribution in [-0.2, 0) is 18.9 Å². The van der Waals surface area contributed by atoms with Crippen molar-refractivity contribution in [2.24, 2.45) is 14.1 Å². The smallest absolute Gasteiger partial charge is 0.332 e. The van der Waals surface area contributed by atoms with Crippen molar-refractivity contribution in [1.29, 1.82) is 0 Å². The van der Waals surface area contributed by atoms with E-state index in [0.29, 0.717) is 22.1 Å². The van der Waals surface area contributed by atoms with Crippen molar-refractivity contribution in [3.63, 3.8) is 0 Å². The largest absolute Gasteiger partial charge is 0.493 e. The Hall–Kier alpha value is -4.12. The third kappa shape index (κ3) is 5.01. The number of benzene rings is 2. The molecule has 1 N–H and O–H groups in total. The highest BCUT2D eigenvalue weighted by atomic mass is 32.2. The van der Waals surface area contributed by atoms with E-state index in [2.05, 4.69) is 15.3 Å². The number of hydrogen-bond acceptors (Lipinski definition) is 8. The number of rotatable bonds is 7. The average Bonchev–Trinajstić information content (AvgIpc) is 2.90. The Morgan fingerprint density at radius 3 is 2.24 bits per heavy atom. The molecule has 4 rings (SSSR count). The number of nitrogens with one attached hydrogen (secondary N) is 1. The van der Waals surface area contributed by atoms with Gasteiger partial charge in [-0.3, -0.25) is 18.7 Å². The molecule has 0 saturated heterocycles. The topological polar surface area (TPSA) is 117 Å². The first-order valence-electron chi connectivity index (χ1n) is 11.8. The first kappa shape index (κ1) is 26.9. The van der Waals surface area contributed by atoms with Crippen LogP contribution in [0.3, 0.4) is 0 Å². The number of fused-ring (bicyclic) bond motifs is 1. The first-order valence-corrected chi connectivity index (χ1v) is 12.7. The number of aryl methyl sites for hydroxylation is 4. The van der Waals surface area contributed by atoms with Crippen molar-refractivity contribution in [2.75, 3.05) is 25.3 Å². The van der Waals surface area contributed by atoms with Crippen LogP contribution in [-0.4, -0.2) is 45.0 Å². The highest BCUT2D eigenvalue weighted by molar-refractivity contribution is 8.00. The van der Waals surface area contributed by atoms with Gasteiger partial charge in [0, 0.05) is 25.3 Å². The van der Waals surface area contributed by atoms with Crippen LogP contribution < -0.4 is 26.0 Å². The Bertz CT molecular complexity index is 1670. The van der Waals surface area contributed by atoms with Gasteiger partial charge < -0.3 is 14.8 Å². The molecule has 0 unspecified atom stereocenters. The molecule has 2 aromatic heterocycles. The zero-order chi connectivity index (χ0) is 27.7. The normalized spacial score (nSPS) is 11.0. The van der Waals surface area contributed by atoms with Crippen LogP contribution in [0.15, 0.2) is 44.9 Å². The molecule has 4 aromatic rings. The van der Waals surface area contributed by atoms with Gasteiger partial charge in [0.25, 0.3) is 5.56 Å². The summed E-state index contributed by atoms with van der Waals surface area (Å²) in [4.78, 5) is 47.9. The molecule has 198 valence electrons. The lowest BCUT2D eigenvalue weighted by Crippen LogP contribution is -2.37. The maximum Gasteiger partial charge on any atom is 0.332 e. The molecule has 0 aliphatic rings. The van der Waals surface area contributed by atoms with Gasteiger partial charge in [-0.25, -0.2) is 14.8 Å². The zero-order valence-corrected chi connectivity index (χ0v) is 23.1. The van der Waals surface area contributed by atoms with Crippen LogP contribution in [0.4, 0.5) is 5.69 Å². The van der Waals surface area contributed by atoms with Crippen molar-refractivity contribution in [1.82, 2.24) is 19.1 Å². The number of anilines is 1. The van der Waals surface area contributed by atoms with Crippen molar-refractivity contribution in [2.45, 2.75) is 25.8 Å². The average molecular weight is 536 g/mol. The first-order chi connectivity index (χ1) is 18.0. The van der Waals surface area contributed by atoms with Crippen LogP contribution in [0.5, 0.6) is 11.5 Å². The monoisotopic (exact) mass is 535 g/mol. The van der Waals surface area contributed by atoms with E-state index in [0.717, 1.165) is 38.7 Å². The Morgan fingerprint density at radius 1 is 0.947 bits per heavy atom. The third-order valence-corrected chi connectivity index (χ3v) is 7.17. The SMILES string of the molecule is COc1ccc(-c2nc(SCC(=O)Nc3c(C)cc(C)cc3C)c3c(=O)n(C)c(=O)n(C)c3n2)cc1OC. The van der Waals surface area contributed by atoms with Gasteiger partial charge in [-0.2, -0.15) is 0 Å². The maximum absolute atomic E-state index is 13.1. The van der Waals surface area contributed by atoms with E-state index in [1.807, 2.05) is 32.9 Å². The molecule has 0 aliphatic carbocycles. The van der Waals surface area contributed by atoms with Gasteiger partial charge in [0.05, 0.1) is 20.0 Å². The Balaban J connectivity index is 1.79. The predicted molar refractivity (Wildman–Crippen MR) is 149 cm³/mol. The summed E-state index contributed by atoms with van der Waals surface area (Å²) in [6.07, 6.45) is 0. The van der Waals surface area contributed by atoms with Gasteiger partial charge in [0.2, 0.25) is 5.91 Å². The number of methoxy groups -OCH3 is 2. The van der Waals surface area contributed by atoms with Crippen molar-refractivity contribution in [3.8, 4) is 22.9 Å². The summed E-state index contributed by atoms with van der Waals surface area (Å²) in [7, 11) is 6.00. The third-order valence-electron chi connectivity index (χ3n) is 6.19. The van der Waals surface area contributed by atoms with Crippen molar-refractivity contribution in [3.05, 3.63) is 67.9 Å². The molecule has 0 saturated carbocycles. The van der Waals surface area contributed by atoms with Gasteiger partial charge in [-0.15, -0.1) is 0 Å². The van der Waals surface area contributed by atoms with Crippen molar-refractivity contribution >= 4 is 34.4 Å². The number of thioether (sulfide) groups is 1. The highest BCUT2D eigenvalue weighted by Gasteiger charge is 2.20. The van der Waals surface area contributed by atoms with E-state index < -0.39 is 11.2 Å². The highest BCUT2D eigenvalue weighted by Crippen LogP contribution is 2.33. The van der Waals surface area contributed by atoms with Crippen LogP contribution in [0, 0.1) is 20.8 Å². The lowest BCUT2D eigenvalue weighted by molar-refractivity contribution is -0.113. The summed E-state index contributed by atoms with van der Waals surface area (Å²) in [6, 6.07) is 9.20. The Morgan fingerprint density at radius 2 is 1.61 bits per heavy atom. The second-order valence-corrected chi connectivity index (χ2v) is 9.90. The second kappa shape index (κ2) is 10.7. The fourth-order valence-corrected chi connectivity index (χ4v) is 5.14. The number of nitrogens with zero attached hydrogens (tertiary/aromatic N) is 4. The van der Waals surface area contributed by atoms with Gasteiger partial charge in [-0.05, 0) is 50.1 Å². The molecule has 1 amide bonds. The minimum absolute atomic E-state index is 0.00373. The Labute approximate surface area is 223 Å². The summed E-state index contributed by atoms with van der Waals surface area (Å²) in [6.45, 7) is 5.89. The molecular formula is C27H29N5O5S.